The van der Waals surface area contributed by atoms with Crippen LogP contribution < -0.4 is 16.1 Å². The Kier molecular flexibility index (Phi) is 6.02. The highest BCUT2D eigenvalue weighted by Crippen LogP contribution is 2.28. The fraction of sp³-hybridized carbons (Fsp3) is 0.333. The summed E-state index contributed by atoms with van der Waals surface area (Å²) in [4.78, 5) is 22.0. The molecule has 1 aromatic carbocycles. The van der Waals surface area contributed by atoms with Crippen molar-refractivity contribution in [1.29, 1.82) is 0 Å². The first-order valence-corrected chi connectivity index (χ1v) is 9.51. The number of benzene rings is 1. The summed E-state index contributed by atoms with van der Waals surface area (Å²) in [6.07, 6.45) is 1.56. The van der Waals surface area contributed by atoms with Crippen LogP contribution in [0, 0.1) is 0 Å². The Hall–Kier alpha value is -2.82. The molecule has 0 aliphatic rings. The standard InChI is InChI=1S/C18H22N6O3S/c1-18(2,3)27-21-10-9-20-16-23-24-17(28-16)22-15(26)12-7-6-11-5-4-8-19-13(11)14(12)25/h4-8,21,25H,9-10H2,1-3H3,(H,20,23)(H,22,24,26). The van der Waals surface area contributed by atoms with Crippen LogP contribution in [0.3, 0.4) is 0 Å². The number of phenolic OH excluding ortho intramolecular Hbond substituents is 1. The molecule has 3 aromatic rings. The molecule has 0 unspecified atom stereocenters. The number of hydroxylamine groups is 1. The van der Waals surface area contributed by atoms with Crippen molar-refractivity contribution in [3.63, 3.8) is 0 Å². The first-order valence-electron chi connectivity index (χ1n) is 8.70. The van der Waals surface area contributed by atoms with E-state index in [0.29, 0.717) is 28.9 Å². The zero-order valence-corrected chi connectivity index (χ0v) is 16.6. The van der Waals surface area contributed by atoms with Gasteiger partial charge in [-0.25, -0.2) is 5.48 Å². The van der Waals surface area contributed by atoms with Gasteiger partial charge >= 0.3 is 0 Å². The van der Waals surface area contributed by atoms with Crippen LogP contribution in [-0.2, 0) is 4.84 Å². The van der Waals surface area contributed by atoms with Crippen LogP contribution in [0.5, 0.6) is 5.75 Å². The van der Waals surface area contributed by atoms with Gasteiger partial charge in [0.1, 0.15) is 5.52 Å². The molecular weight excluding hydrogens is 380 g/mol. The summed E-state index contributed by atoms with van der Waals surface area (Å²) in [5.74, 6) is -0.642. The average molecular weight is 402 g/mol. The van der Waals surface area contributed by atoms with Crippen molar-refractivity contribution >= 4 is 38.4 Å². The van der Waals surface area contributed by atoms with Gasteiger partial charge < -0.3 is 10.4 Å². The van der Waals surface area contributed by atoms with Gasteiger partial charge in [0, 0.05) is 24.7 Å². The Balaban J connectivity index is 1.56. The molecule has 1 amide bonds. The van der Waals surface area contributed by atoms with E-state index in [1.165, 1.54) is 11.3 Å². The largest absolute Gasteiger partial charge is 0.505 e. The Morgan fingerprint density at radius 3 is 2.75 bits per heavy atom. The predicted octanol–water partition coefficient (Wildman–Crippen LogP) is 2.78. The number of rotatable bonds is 7. The Labute approximate surface area is 166 Å². The summed E-state index contributed by atoms with van der Waals surface area (Å²) < 4.78 is 0. The summed E-state index contributed by atoms with van der Waals surface area (Å²) in [5, 5.41) is 25.6. The number of nitrogens with zero attached hydrogens (tertiary/aromatic N) is 3. The summed E-state index contributed by atoms with van der Waals surface area (Å²) in [6.45, 7) is 7.02. The number of aromatic hydroxyl groups is 1. The number of fused-ring (bicyclic) bond motifs is 1. The third-order valence-electron chi connectivity index (χ3n) is 3.52. The Morgan fingerprint density at radius 1 is 1.18 bits per heavy atom. The number of hydrogen-bond donors (Lipinski definition) is 4. The molecule has 10 heteroatoms. The number of nitrogens with one attached hydrogen (secondary N) is 3. The quantitative estimate of drug-likeness (QED) is 0.352. The minimum absolute atomic E-state index is 0.124. The van der Waals surface area contributed by atoms with E-state index in [2.05, 4.69) is 31.3 Å². The van der Waals surface area contributed by atoms with Crippen molar-refractivity contribution in [2.24, 2.45) is 0 Å². The van der Waals surface area contributed by atoms with Crippen LogP contribution in [0.2, 0.25) is 0 Å². The van der Waals surface area contributed by atoms with E-state index in [4.69, 9.17) is 4.84 Å². The van der Waals surface area contributed by atoms with E-state index >= 15 is 0 Å². The zero-order valence-electron chi connectivity index (χ0n) is 15.8. The Bertz CT molecular complexity index is 969. The monoisotopic (exact) mass is 402 g/mol. The van der Waals surface area contributed by atoms with E-state index < -0.39 is 5.91 Å². The molecule has 2 aromatic heterocycles. The molecule has 0 aliphatic carbocycles. The molecule has 0 fully saturated rings. The van der Waals surface area contributed by atoms with E-state index in [9.17, 15) is 9.90 Å². The van der Waals surface area contributed by atoms with E-state index in [1.807, 2.05) is 26.8 Å². The van der Waals surface area contributed by atoms with Crippen molar-refractivity contribution in [3.8, 4) is 5.75 Å². The number of anilines is 2. The average Bonchev–Trinajstić information content (AvgIpc) is 3.08. The number of carbonyl (C=O) groups excluding carboxylic acids is 1. The van der Waals surface area contributed by atoms with Crippen LogP contribution in [-0.4, -0.2) is 44.9 Å². The SMILES string of the molecule is CC(C)(C)ONCCNc1nnc(NC(=O)c2ccc3cccnc3c2O)s1. The first-order chi connectivity index (χ1) is 13.3. The van der Waals surface area contributed by atoms with Crippen molar-refractivity contribution < 1.29 is 14.7 Å². The lowest BCUT2D eigenvalue weighted by Gasteiger charge is -2.19. The highest BCUT2D eigenvalue weighted by Gasteiger charge is 2.16. The van der Waals surface area contributed by atoms with Crippen LogP contribution in [0.15, 0.2) is 30.5 Å². The van der Waals surface area contributed by atoms with Gasteiger partial charge in [0.25, 0.3) is 5.91 Å². The van der Waals surface area contributed by atoms with Crippen LogP contribution in [0.25, 0.3) is 10.9 Å². The second kappa shape index (κ2) is 8.46. The summed E-state index contributed by atoms with van der Waals surface area (Å²) in [6, 6.07) is 6.86. The van der Waals surface area contributed by atoms with Crippen molar-refractivity contribution in [2.45, 2.75) is 26.4 Å². The lowest BCUT2D eigenvalue weighted by Crippen LogP contribution is -2.32. The van der Waals surface area contributed by atoms with Gasteiger partial charge in [0.15, 0.2) is 5.75 Å². The third-order valence-corrected chi connectivity index (χ3v) is 4.32. The van der Waals surface area contributed by atoms with E-state index in [1.54, 1.807) is 24.4 Å². The topological polar surface area (TPSA) is 121 Å². The number of amides is 1. The number of carbonyl (C=O) groups is 1. The molecule has 0 bridgehead atoms. The maximum atomic E-state index is 12.5. The smallest absolute Gasteiger partial charge is 0.261 e. The Morgan fingerprint density at radius 2 is 1.96 bits per heavy atom. The molecule has 9 nitrogen and oxygen atoms in total. The number of phenols is 1. The molecule has 3 rings (SSSR count). The van der Waals surface area contributed by atoms with Crippen LogP contribution in [0.4, 0.5) is 10.3 Å². The zero-order chi connectivity index (χ0) is 20.1. The van der Waals surface area contributed by atoms with Gasteiger partial charge in [0.2, 0.25) is 10.3 Å². The molecule has 0 saturated heterocycles. The van der Waals surface area contributed by atoms with Crippen LogP contribution in [0.1, 0.15) is 31.1 Å². The number of aromatic nitrogens is 3. The lowest BCUT2D eigenvalue weighted by molar-refractivity contribution is -0.0706. The van der Waals surface area contributed by atoms with E-state index in [-0.39, 0.29) is 16.9 Å². The highest BCUT2D eigenvalue weighted by atomic mass is 32.1. The normalized spacial score (nSPS) is 11.5. The molecule has 148 valence electrons. The first kappa shape index (κ1) is 19.9. The molecular formula is C18H22N6O3S. The molecule has 0 radical (unpaired) electrons. The van der Waals surface area contributed by atoms with Crippen molar-refractivity contribution in [2.75, 3.05) is 23.7 Å². The molecule has 4 N–H and O–H groups in total. The molecule has 0 saturated carbocycles. The highest BCUT2D eigenvalue weighted by molar-refractivity contribution is 7.19. The van der Waals surface area contributed by atoms with Gasteiger partial charge in [-0.3, -0.25) is 19.9 Å². The van der Waals surface area contributed by atoms with Gasteiger partial charge in [-0.05, 0) is 32.9 Å². The molecule has 0 spiro atoms. The minimum atomic E-state index is -0.479. The summed E-state index contributed by atoms with van der Waals surface area (Å²) in [5.41, 5.74) is 3.11. The minimum Gasteiger partial charge on any atom is -0.505 e. The fourth-order valence-corrected chi connectivity index (χ4v) is 2.97. The van der Waals surface area contributed by atoms with Gasteiger partial charge in [-0.1, -0.05) is 23.5 Å². The van der Waals surface area contributed by atoms with Crippen molar-refractivity contribution in [3.05, 3.63) is 36.0 Å². The molecule has 28 heavy (non-hydrogen) atoms. The van der Waals surface area contributed by atoms with Gasteiger partial charge in [-0.2, -0.15) is 0 Å². The van der Waals surface area contributed by atoms with E-state index in [0.717, 1.165) is 5.39 Å². The van der Waals surface area contributed by atoms with Gasteiger partial charge in [-0.15, -0.1) is 10.2 Å². The van der Waals surface area contributed by atoms with Crippen molar-refractivity contribution in [1.82, 2.24) is 20.7 Å². The fourth-order valence-electron chi connectivity index (χ4n) is 2.31. The van der Waals surface area contributed by atoms with Crippen LogP contribution >= 0.6 is 11.3 Å². The molecule has 2 heterocycles. The summed E-state index contributed by atoms with van der Waals surface area (Å²) >= 11 is 1.20. The number of hydrogen-bond acceptors (Lipinski definition) is 9. The second-order valence-corrected chi connectivity index (χ2v) is 7.92. The predicted molar refractivity (Wildman–Crippen MR) is 109 cm³/mol. The molecule has 0 atom stereocenters. The third kappa shape index (κ3) is 5.12. The maximum absolute atomic E-state index is 12.5. The second-order valence-electron chi connectivity index (χ2n) is 6.94. The number of pyridine rings is 1. The molecule has 0 aliphatic heterocycles. The van der Waals surface area contributed by atoms with Gasteiger partial charge in [0.05, 0.1) is 11.2 Å². The lowest BCUT2D eigenvalue weighted by atomic mass is 10.1. The summed E-state index contributed by atoms with van der Waals surface area (Å²) in [7, 11) is 0. The maximum Gasteiger partial charge on any atom is 0.261 e.